The number of carbonyl (C=O) groups is 1. The predicted octanol–water partition coefficient (Wildman–Crippen LogP) is 5.07. The van der Waals surface area contributed by atoms with Crippen molar-refractivity contribution in [3.8, 4) is 22.5 Å². The van der Waals surface area contributed by atoms with Gasteiger partial charge in [-0.1, -0.05) is 23.7 Å². The summed E-state index contributed by atoms with van der Waals surface area (Å²) < 4.78 is 28.4. The molecule has 0 bridgehead atoms. The van der Waals surface area contributed by atoms with E-state index in [9.17, 15) is 13.6 Å². The maximum Gasteiger partial charge on any atom is 0.280 e. The van der Waals surface area contributed by atoms with Crippen LogP contribution in [0.4, 0.5) is 8.78 Å². The predicted molar refractivity (Wildman–Crippen MR) is 127 cm³/mol. The SMILES string of the molecule is O=C(Cn1c(Cl)nc(-c2ccc(Cl)cc2)c1-c1ccnc(C(F)F)c1)N1CCC2(CC1)CNC2. The van der Waals surface area contributed by atoms with E-state index >= 15 is 0 Å². The number of amides is 1. The van der Waals surface area contributed by atoms with Crippen LogP contribution in [0.1, 0.15) is 25.0 Å². The second kappa shape index (κ2) is 9.24. The number of hydrogen-bond acceptors (Lipinski definition) is 4. The molecule has 5 rings (SSSR count). The number of nitrogens with zero attached hydrogens (tertiary/aromatic N) is 4. The smallest absolute Gasteiger partial charge is 0.280 e. The highest BCUT2D eigenvalue weighted by atomic mass is 35.5. The van der Waals surface area contributed by atoms with Crippen LogP contribution in [0.5, 0.6) is 0 Å². The number of halogens is 4. The first-order valence-electron chi connectivity index (χ1n) is 11.1. The largest absolute Gasteiger partial charge is 0.341 e. The molecule has 34 heavy (non-hydrogen) atoms. The zero-order chi connectivity index (χ0) is 23.9. The van der Waals surface area contributed by atoms with Crippen LogP contribution in [0.2, 0.25) is 10.3 Å². The van der Waals surface area contributed by atoms with Gasteiger partial charge in [-0.15, -0.1) is 0 Å². The number of alkyl halides is 2. The fourth-order valence-electron chi connectivity index (χ4n) is 4.68. The first-order chi connectivity index (χ1) is 16.3. The van der Waals surface area contributed by atoms with Crippen LogP contribution >= 0.6 is 23.2 Å². The number of likely N-dealkylation sites (tertiary alicyclic amines) is 1. The molecule has 4 heterocycles. The zero-order valence-electron chi connectivity index (χ0n) is 18.3. The number of aromatic nitrogens is 3. The van der Waals surface area contributed by atoms with Crippen LogP contribution in [-0.4, -0.2) is 51.5 Å². The van der Waals surface area contributed by atoms with Crippen molar-refractivity contribution in [2.45, 2.75) is 25.8 Å². The molecule has 2 aliphatic rings. The number of imidazole rings is 1. The summed E-state index contributed by atoms with van der Waals surface area (Å²) in [5.74, 6) is -0.0755. The number of benzene rings is 1. The molecule has 0 unspecified atom stereocenters. The first-order valence-corrected chi connectivity index (χ1v) is 11.9. The summed E-state index contributed by atoms with van der Waals surface area (Å²) in [6.07, 6.45) is 0.531. The van der Waals surface area contributed by atoms with Gasteiger partial charge in [-0.2, -0.15) is 0 Å². The van der Waals surface area contributed by atoms with E-state index in [-0.39, 0.29) is 23.4 Å². The van der Waals surface area contributed by atoms with Gasteiger partial charge in [-0.25, -0.2) is 13.8 Å². The molecule has 1 aromatic carbocycles. The third-order valence-corrected chi connectivity index (χ3v) is 7.33. The van der Waals surface area contributed by atoms with E-state index in [1.165, 1.54) is 12.3 Å². The van der Waals surface area contributed by atoms with Gasteiger partial charge in [0.2, 0.25) is 11.2 Å². The number of hydrogen-bond donors (Lipinski definition) is 1. The molecule has 2 saturated heterocycles. The molecule has 0 saturated carbocycles. The van der Waals surface area contributed by atoms with Gasteiger partial charge in [0.25, 0.3) is 6.43 Å². The Hall–Kier alpha value is -2.55. The maximum absolute atomic E-state index is 13.4. The molecule has 178 valence electrons. The number of carbonyl (C=O) groups excluding carboxylic acids is 1. The van der Waals surface area contributed by atoms with Gasteiger partial charge in [-0.05, 0) is 54.1 Å². The van der Waals surface area contributed by atoms with E-state index in [0.717, 1.165) is 25.9 Å². The molecule has 1 spiro atoms. The van der Waals surface area contributed by atoms with Crippen LogP contribution in [0.25, 0.3) is 22.5 Å². The Labute approximate surface area is 205 Å². The van der Waals surface area contributed by atoms with Gasteiger partial charge in [0, 0.05) is 48.5 Å². The normalized spacial score (nSPS) is 17.3. The van der Waals surface area contributed by atoms with Crippen molar-refractivity contribution in [2.24, 2.45) is 5.41 Å². The van der Waals surface area contributed by atoms with E-state index in [1.807, 2.05) is 4.90 Å². The topological polar surface area (TPSA) is 63.1 Å². The third-order valence-electron chi connectivity index (χ3n) is 6.79. The lowest BCUT2D eigenvalue weighted by Crippen LogP contribution is -2.59. The zero-order valence-corrected chi connectivity index (χ0v) is 19.8. The van der Waals surface area contributed by atoms with Crippen molar-refractivity contribution < 1.29 is 13.6 Å². The lowest BCUT2D eigenvalue weighted by atomic mass is 9.73. The highest BCUT2D eigenvalue weighted by Crippen LogP contribution is 2.37. The molecule has 0 aliphatic carbocycles. The third kappa shape index (κ3) is 4.42. The molecule has 6 nitrogen and oxygen atoms in total. The molecule has 1 N–H and O–H groups in total. The van der Waals surface area contributed by atoms with Crippen molar-refractivity contribution in [2.75, 3.05) is 26.2 Å². The summed E-state index contributed by atoms with van der Waals surface area (Å²) in [6, 6.07) is 9.93. The Kier molecular flexibility index (Phi) is 6.31. The van der Waals surface area contributed by atoms with Crippen molar-refractivity contribution >= 4 is 29.1 Å². The van der Waals surface area contributed by atoms with E-state index in [1.54, 1.807) is 34.9 Å². The Morgan fingerprint density at radius 1 is 1.09 bits per heavy atom. The van der Waals surface area contributed by atoms with Gasteiger partial charge >= 0.3 is 0 Å². The minimum atomic E-state index is -2.73. The summed E-state index contributed by atoms with van der Waals surface area (Å²) in [6.45, 7) is 3.36. The Balaban J connectivity index is 1.51. The lowest BCUT2D eigenvalue weighted by Gasteiger charge is -2.48. The van der Waals surface area contributed by atoms with Crippen LogP contribution in [-0.2, 0) is 11.3 Å². The quantitative estimate of drug-likeness (QED) is 0.525. The maximum atomic E-state index is 13.4. The standard InChI is InChI=1S/C24H23Cl2F2N5O/c25-17-3-1-15(2-4-17)20-21(16-5-8-30-18(11-16)22(27)28)33(23(26)31-20)12-19(34)32-9-6-24(7-10-32)13-29-14-24/h1-5,8,11,22,29H,6-7,9-10,12-14H2. The van der Waals surface area contributed by atoms with Gasteiger partial charge in [0.05, 0.1) is 11.4 Å². The molecule has 3 aromatic rings. The minimum Gasteiger partial charge on any atom is -0.341 e. The van der Waals surface area contributed by atoms with Gasteiger partial charge in [0.1, 0.15) is 12.2 Å². The Bertz CT molecular complexity index is 1200. The van der Waals surface area contributed by atoms with Crippen molar-refractivity contribution in [1.29, 1.82) is 0 Å². The Morgan fingerprint density at radius 2 is 1.79 bits per heavy atom. The second-order valence-corrected chi connectivity index (χ2v) is 9.70. The average molecular weight is 506 g/mol. The lowest BCUT2D eigenvalue weighted by molar-refractivity contribution is -0.134. The molecule has 2 aliphatic heterocycles. The van der Waals surface area contributed by atoms with Crippen LogP contribution in [0.15, 0.2) is 42.6 Å². The van der Waals surface area contributed by atoms with Gasteiger partial charge < -0.3 is 14.8 Å². The van der Waals surface area contributed by atoms with Crippen LogP contribution in [0.3, 0.4) is 0 Å². The summed E-state index contributed by atoms with van der Waals surface area (Å²) in [5, 5.41) is 3.99. The van der Waals surface area contributed by atoms with E-state index in [4.69, 9.17) is 23.2 Å². The molecular weight excluding hydrogens is 483 g/mol. The molecule has 1 amide bonds. The first kappa shape index (κ1) is 23.2. The summed E-state index contributed by atoms with van der Waals surface area (Å²) in [5.41, 5.74) is 2.10. The highest BCUT2D eigenvalue weighted by molar-refractivity contribution is 6.30. The van der Waals surface area contributed by atoms with E-state index in [0.29, 0.717) is 46.0 Å². The van der Waals surface area contributed by atoms with Crippen molar-refractivity contribution in [1.82, 2.24) is 24.8 Å². The van der Waals surface area contributed by atoms with Gasteiger partial charge in [-0.3, -0.25) is 9.78 Å². The molecule has 0 atom stereocenters. The molecule has 10 heteroatoms. The van der Waals surface area contributed by atoms with Gasteiger partial charge in [0.15, 0.2) is 0 Å². The summed E-state index contributed by atoms with van der Waals surface area (Å²) in [7, 11) is 0. The minimum absolute atomic E-state index is 0.0354. The summed E-state index contributed by atoms with van der Waals surface area (Å²) in [4.78, 5) is 23.4. The fourth-order valence-corrected chi connectivity index (χ4v) is 5.04. The molecular formula is C24H23Cl2F2N5O. The number of rotatable bonds is 5. The molecule has 2 aromatic heterocycles. The fraction of sp³-hybridized carbons (Fsp3) is 0.375. The number of pyridine rings is 1. The van der Waals surface area contributed by atoms with Crippen LogP contribution in [0, 0.1) is 5.41 Å². The number of piperidine rings is 1. The van der Waals surface area contributed by atoms with E-state index in [2.05, 4.69) is 15.3 Å². The highest BCUT2D eigenvalue weighted by Gasteiger charge is 2.40. The van der Waals surface area contributed by atoms with Crippen molar-refractivity contribution in [3.05, 3.63) is 58.6 Å². The monoisotopic (exact) mass is 505 g/mol. The van der Waals surface area contributed by atoms with E-state index < -0.39 is 6.43 Å². The van der Waals surface area contributed by atoms with Crippen LogP contribution < -0.4 is 5.32 Å². The average Bonchev–Trinajstić information content (AvgIpc) is 3.14. The number of nitrogens with one attached hydrogen (secondary N) is 1. The van der Waals surface area contributed by atoms with Crippen molar-refractivity contribution in [3.63, 3.8) is 0 Å². The summed E-state index contributed by atoms with van der Waals surface area (Å²) >= 11 is 12.6. The Morgan fingerprint density at radius 3 is 2.41 bits per heavy atom. The second-order valence-electron chi connectivity index (χ2n) is 8.93. The molecule has 2 fully saturated rings. The molecule has 0 radical (unpaired) electrons.